The minimum Gasteiger partial charge on any atom is -0.311 e. The number of aryl methyl sites for hydroxylation is 1. The summed E-state index contributed by atoms with van der Waals surface area (Å²) < 4.78 is 1.80. The molecule has 2 aromatic heterocycles. The van der Waals surface area contributed by atoms with Crippen molar-refractivity contribution in [1.29, 1.82) is 0 Å². The van der Waals surface area contributed by atoms with E-state index in [1.54, 1.807) is 10.9 Å². The number of hydrogen-bond acceptors (Lipinski definition) is 4. The minimum atomic E-state index is 0.152. The summed E-state index contributed by atoms with van der Waals surface area (Å²) in [7, 11) is 3.82. The van der Waals surface area contributed by atoms with Crippen molar-refractivity contribution in [2.45, 2.75) is 12.5 Å². The SMILES string of the molecule is CNC(Cc1ccn(C)n1)c1cn[nH]n1. The van der Waals surface area contributed by atoms with Gasteiger partial charge in [-0.25, -0.2) is 0 Å². The van der Waals surface area contributed by atoms with E-state index in [1.165, 1.54) is 0 Å². The van der Waals surface area contributed by atoms with Gasteiger partial charge in [0.1, 0.15) is 0 Å². The highest BCUT2D eigenvalue weighted by Gasteiger charge is 2.13. The molecule has 0 amide bonds. The molecule has 80 valence electrons. The smallest absolute Gasteiger partial charge is 0.0997 e. The van der Waals surface area contributed by atoms with E-state index < -0.39 is 0 Å². The van der Waals surface area contributed by atoms with Crippen LogP contribution in [0.4, 0.5) is 0 Å². The summed E-state index contributed by atoms with van der Waals surface area (Å²) >= 11 is 0. The summed E-state index contributed by atoms with van der Waals surface area (Å²) in [4.78, 5) is 0. The monoisotopic (exact) mass is 206 g/mol. The predicted octanol–water partition coefficient (Wildman–Crippen LogP) is 0.0414. The van der Waals surface area contributed by atoms with Crippen LogP contribution >= 0.6 is 0 Å². The fraction of sp³-hybridized carbons (Fsp3) is 0.444. The van der Waals surface area contributed by atoms with Gasteiger partial charge in [-0.15, -0.1) is 0 Å². The zero-order chi connectivity index (χ0) is 10.7. The Labute approximate surface area is 87.7 Å². The van der Waals surface area contributed by atoms with E-state index in [-0.39, 0.29) is 6.04 Å². The van der Waals surface area contributed by atoms with Crippen LogP contribution in [0.25, 0.3) is 0 Å². The zero-order valence-corrected chi connectivity index (χ0v) is 8.81. The molecule has 0 fully saturated rings. The Morgan fingerprint density at radius 2 is 2.47 bits per heavy atom. The summed E-state index contributed by atoms with van der Waals surface area (Å²) in [6.07, 6.45) is 4.47. The topological polar surface area (TPSA) is 71.4 Å². The van der Waals surface area contributed by atoms with E-state index >= 15 is 0 Å². The van der Waals surface area contributed by atoms with Crippen molar-refractivity contribution in [1.82, 2.24) is 30.5 Å². The Morgan fingerprint density at radius 3 is 3.00 bits per heavy atom. The Kier molecular flexibility index (Phi) is 2.77. The molecule has 2 aromatic rings. The van der Waals surface area contributed by atoms with Gasteiger partial charge in [0.25, 0.3) is 0 Å². The number of nitrogens with one attached hydrogen (secondary N) is 2. The Balaban J connectivity index is 2.09. The number of H-pyrrole nitrogens is 1. The van der Waals surface area contributed by atoms with Crippen molar-refractivity contribution < 1.29 is 0 Å². The lowest BCUT2D eigenvalue weighted by atomic mass is 10.1. The summed E-state index contributed by atoms with van der Waals surface area (Å²) in [6.45, 7) is 0. The van der Waals surface area contributed by atoms with Gasteiger partial charge in [0.05, 0.1) is 23.6 Å². The molecule has 0 radical (unpaired) electrons. The lowest BCUT2D eigenvalue weighted by Crippen LogP contribution is -2.19. The summed E-state index contributed by atoms with van der Waals surface area (Å²) in [6, 6.07) is 2.16. The van der Waals surface area contributed by atoms with Gasteiger partial charge in [0.15, 0.2) is 0 Å². The molecule has 0 aliphatic heterocycles. The predicted molar refractivity (Wildman–Crippen MR) is 55.1 cm³/mol. The van der Waals surface area contributed by atoms with Gasteiger partial charge in [-0.2, -0.15) is 20.5 Å². The normalized spacial score (nSPS) is 12.9. The second kappa shape index (κ2) is 4.22. The molecule has 6 nitrogen and oxygen atoms in total. The fourth-order valence-corrected chi connectivity index (χ4v) is 1.51. The molecule has 0 aliphatic carbocycles. The van der Waals surface area contributed by atoms with Crippen LogP contribution in [-0.2, 0) is 13.5 Å². The van der Waals surface area contributed by atoms with E-state index in [0.717, 1.165) is 17.8 Å². The second-order valence-corrected chi connectivity index (χ2v) is 3.42. The summed E-state index contributed by atoms with van der Waals surface area (Å²) in [5, 5.41) is 18.0. The van der Waals surface area contributed by atoms with Crippen molar-refractivity contribution in [3.05, 3.63) is 29.8 Å². The van der Waals surface area contributed by atoms with Gasteiger partial charge in [-0.05, 0) is 13.1 Å². The van der Waals surface area contributed by atoms with Crippen LogP contribution in [0.5, 0.6) is 0 Å². The van der Waals surface area contributed by atoms with Gasteiger partial charge >= 0.3 is 0 Å². The van der Waals surface area contributed by atoms with E-state index in [2.05, 4.69) is 25.8 Å². The molecule has 1 atom stereocenters. The number of hydrogen-bond donors (Lipinski definition) is 2. The first-order valence-electron chi connectivity index (χ1n) is 4.81. The molecule has 0 bridgehead atoms. The Hall–Kier alpha value is -1.69. The quantitative estimate of drug-likeness (QED) is 0.741. The molecule has 1 unspecified atom stereocenters. The highest BCUT2D eigenvalue weighted by atomic mass is 15.3. The van der Waals surface area contributed by atoms with Crippen molar-refractivity contribution in [3.8, 4) is 0 Å². The first-order chi connectivity index (χ1) is 7.29. The second-order valence-electron chi connectivity index (χ2n) is 3.42. The number of nitrogens with zero attached hydrogens (tertiary/aromatic N) is 4. The maximum Gasteiger partial charge on any atom is 0.0997 e. The number of aromatic nitrogens is 5. The van der Waals surface area contributed by atoms with Crippen LogP contribution in [-0.4, -0.2) is 32.2 Å². The number of likely N-dealkylation sites (N-methyl/N-ethyl adjacent to an activating group) is 1. The standard InChI is InChI=1S/C9H14N6/c1-10-8(9-6-11-14-12-9)5-7-3-4-15(2)13-7/h3-4,6,8,10H,5H2,1-2H3,(H,11,12,14). The third-order valence-corrected chi connectivity index (χ3v) is 2.32. The van der Waals surface area contributed by atoms with E-state index in [9.17, 15) is 0 Å². The minimum absolute atomic E-state index is 0.152. The van der Waals surface area contributed by atoms with Gasteiger partial charge in [0, 0.05) is 19.7 Å². The van der Waals surface area contributed by atoms with E-state index in [4.69, 9.17) is 0 Å². The average molecular weight is 206 g/mol. The van der Waals surface area contributed by atoms with E-state index in [0.29, 0.717) is 0 Å². The molecule has 0 saturated heterocycles. The van der Waals surface area contributed by atoms with Gasteiger partial charge in [0.2, 0.25) is 0 Å². The molecule has 15 heavy (non-hydrogen) atoms. The van der Waals surface area contributed by atoms with Gasteiger partial charge in [-0.1, -0.05) is 0 Å². The molecule has 2 rings (SSSR count). The average Bonchev–Trinajstić information content (AvgIpc) is 2.85. The highest BCUT2D eigenvalue weighted by molar-refractivity contribution is 5.08. The van der Waals surface area contributed by atoms with E-state index in [1.807, 2.05) is 26.4 Å². The Bertz CT molecular complexity index is 404. The maximum absolute atomic E-state index is 4.33. The van der Waals surface area contributed by atoms with Crippen molar-refractivity contribution in [2.24, 2.45) is 7.05 Å². The molecule has 2 heterocycles. The zero-order valence-electron chi connectivity index (χ0n) is 8.81. The molecule has 6 heteroatoms. The third kappa shape index (κ3) is 2.21. The molecular formula is C9H14N6. The Morgan fingerprint density at radius 1 is 1.60 bits per heavy atom. The summed E-state index contributed by atoms with van der Waals surface area (Å²) in [5.41, 5.74) is 1.95. The van der Waals surface area contributed by atoms with Crippen molar-refractivity contribution >= 4 is 0 Å². The van der Waals surface area contributed by atoms with Crippen LogP contribution in [0.15, 0.2) is 18.5 Å². The van der Waals surface area contributed by atoms with Crippen LogP contribution < -0.4 is 5.32 Å². The fourth-order valence-electron chi connectivity index (χ4n) is 1.51. The van der Waals surface area contributed by atoms with Crippen LogP contribution in [0.3, 0.4) is 0 Å². The van der Waals surface area contributed by atoms with Crippen LogP contribution in [0.2, 0.25) is 0 Å². The number of rotatable bonds is 4. The summed E-state index contributed by atoms with van der Waals surface area (Å²) in [5.74, 6) is 0. The van der Waals surface area contributed by atoms with Gasteiger partial charge < -0.3 is 5.32 Å². The van der Waals surface area contributed by atoms with Crippen LogP contribution in [0.1, 0.15) is 17.4 Å². The third-order valence-electron chi connectivity index (χ3n) is 2.32. The van der Waals surface area contributed by atoms with Gasteiger partial charge in [-0.3, -0.25) is 4.68 Å². The first-order valence-corrected chi connectivity index (χ1v) is 4.81. The maximum atomic E-state index is 4.33. The molecule has 2 N–H and O–H groups in total. The first kappa shape index (κ1) is 9.85. The molecular weight excluding hydrogens is 192 g/mol. The number of aromatic amines is 1. The molecule has 0 aromatic carbocycles. The highest BCUT2D eigenvalue weighted by Crippen LogP contribution is 2.13. The molecule has 0 spiro atoms. The lowest BCUT2D eigenvalue weighted by Gasteiger charge is -2.10. The molecule has 0 aliphatic rings. The van der Waals surface area contributed by atoms with Crippen molar-refractivity contribution in [3.63, 3.8) is 0 Å². The largest absolute Gasteiger partial charge is 0.311 e. The lowest BCUT2D eigenvalue weighted by molar-refractivity contribution is 0.561. The molecule has 0 saturated carbocycles. The van der Waals surface area contributed by atoms with Crippen molar-refractivity contribution in [2.75, 3.05) is 7.05 Å². The van der Waals surface area contributed by atoms with Crippen LogP contribution in [0, 0.1) is 0 Å².